The zero-order valence-electron chi connectivity index (χ0n) is 13.2. The number of carboxylic acids is 1. The Labute approximate surface area is 130 Å². The summed E-state index contributed by atoms with van der Waals surface area (Å²) in [6.07, 6.45) is 3.83. The van der Waals surface area contributed by atoms with Crippen LogP contribution in [0.4, 0.5) is 0 Å². The summed E-state index contributed by atoms with van der Waals surface area (Å²) in [7, 11) is 0. The number of unbranched alkanes of at least 4 members (excludes halogenated alkanes) is 2. The van der Waals surface area contributed by atoms with Crippen LogP contribution >= 0.6 is 0 Å². The maximum atomic E-state index is 11.5. The average molecular weight is 308 g/mol. The van der Waals surface area contributed by atoms with Crippen LogP contribution in [-0.4, -0.2) is 28.6 Å². The highest BCUT2D eigenvalue weighted by atomic mass is 16.5. The number of benzene rings is 1. The molecule has 0 bridgehead atoms. The molecule has 0 radical (unpaired) electrons. The zero-order chi connectivity index (χ0) is 16.5. The lowest BCUT2D eigenvalue weighted by atomic mass is 10.0. The molecular formula is C17H24O5. The number of hydrogen-bond donors (Lipinski definition) is 2. The number of aliphatic carboxylic acids is 1. The summed E-state index contributed by atoms with van der Waals surface area (Å²) in [6.45, 7) is 3.89. The van der Waals surface area contributed by atoms with Gasteiger partial charge in [0.05, 0.1) is 12.2 Å². The Balaban J connectivity index is 2.64. The van der Waals surface area contributed by atoms with Crippen molar-refractivity contribution in [1.29, 1.82) is 0 Å². The number of hydrogen-bond acceptors (Lipinski definition) is 4. The smallest absolute Gasteiger partial charge is 0.303 e. The van der Waals surface area contributed by atoms with Crippen molar-refractivity contribution in [2.75, 3.05) is 6.61 Å². The maximum absolute atomic E-state index is 11.5. The van der Waals surface area contributed by atoms with E-state index in [0.29, 0.717) is 36.3 Å². The maximum Gasteiger partial charge on any atom is 0.303 e. The van der Waals surface area contributed by atoms with Gasteiger partial charge in [0.2, 0.25) is 0 Å². The summed E-state index contributed by atoms with van der Waals surface area (Å²) in [5, 5.41) is 18.8. The molecule has 0 spiro atoms. The Bertz CT molecular complexity index is 522. The number of carbonyl (C=O) groups excluding carboxylic acids is 1. The Kier molecular flexibility index (Phi) is 7.43. The van der Waals surface area contributed by atoms with Crippen molar-refractivity contribution in [1.82, 2.24) is 0 Å². The van der Waals surface area contributed by atoms with Gasteiger partial charge in [0, 0.05) is 12.0 Å². The first kappa shape index (κ1) is 18.0. The van der Waals surface area contributed by atoms with Gasteiger partial charge in [-0.05, 0) is 44.7 Å². The van der Waals surface area contributed by atoms with E-state index in [0.717, 1.165) is 19.3 Å². The second-order valence-corrected chi connectivity index (χ2v) is 5.30. The van der Waals surface area contributed by atoms with Gasteiger partial charge in [0.25, 0.3) is 0 Å². The van der Waals surface area contributed by atoms with Gasteiger partial charge in [0.15, 0.2) is 5.78 Å². The van der Waals surface area contributed by atoms with E-state index in [1.807, 2.05) is 6.92 Å². The Morgan fingerprint density at radius 3 is 2.50 bits per heavy atom. The summed E-state index contributed by atoms with van der Waals surface area (Å²) in [4.78, 5) is 21.9. The van der Waals surface area contributed by atoms with Crippen LogP contribution in [-0.2, 0) is 11.2 Å². The fraction of sp³-hybridized carbons (Fsp3) is 0.529. The van der Waals surface area contributed by atoms with E-state index in [1.165, 1.54) is 6.92 Å². The first-order chi connectivity index (χ1) is 10.5. The molecule has 0 aliphatic rings. The van der Waals surface area contributed by atoms with Crippen molar-refractivity contribution in [3.63, 3.8) is 0 Å². The van der Waals surface area contributed by atoms with Gasteiger partial charge in [-0.1, -0.05) is 13.3 Å². The number of carbonyl (C=O) groups is 2. The van der Waals surface area contributed by atoms with E-state index in [9.17, 15) is 14.7 Å². The zero-order valence-corrected chi connectivity index (χ0v) is 13.2. The Hall–Kier alpha value is -2.04. The minimum absolute atomic E-state index is 0.0118. The molecule has 1 rings (SSSR count). The van der Waals surface area contributed by atoms with Crippen LogP contribution in [0.3, 0.4) is 0 Å². The minimum Gasteiger partial charge on any atom is -0.507 e. The number of ketones is 1. The SMILES string of the molecule is CCCc1c(OCCCCCC(=O)O)ccc(C(C)=O)c1O. The number of Topliss-reactive ketones (excluding diaryl/α,β-unsaturated/α-hetero) is 1. The molecule has 0 unspecified atom stereocenters. The largest absolute Gasteiger partial charge is 0.507 e. The average Bonchev–Trinajstić information content (AvgIpc) is 2.45. The van der Waals surface area contributed by atoms with Crippen LogP contribution in [0.2, 0.25) is 0 Å². The van der Waals surface area contributed by atoms with Crippen molar-refractivity contribution >= 4 is 11.8 Å². The van der Waals surface area contributed by atoms with Crippen LogP contribution < -0.4 is 4.74 Å². The van der Waals surface area contributed by atoms with Crippen molar-refractivity contribution in [2.45, 2.75) is 52.4 Å². The number of phenolic OH excluding ortho intramolecular Hbond substituents is 1. The van der Waals surface area contributed by atoms with Gasteiger partial charge in [-0.15, -0.1) is 0 Å². The molecule has 0 atom stereocenters. The molecule has 0 amide bonds. The molecule has 2 N–H and O–H groups in total. The van der Waals surface area contributed by atoms with Crippen LogP contribution in [0.25, 0.3) is 0 Å². The molecule has 1 aromatic rings. The molecule has 122 valence electrons. The van der Waals surface area contributed by atoms with E-state index in [1.54, 1.807) is 12.1 Å². The number of ether oxygens (including phenoxy) is 1. The van der Waals surface area contributed by atoms with Gasteiger partial charge in [0.1, 0.15) is 11.5 Å². The molecule has 5 nitrogen and oxygen atoms in total. The molecule has 1 aromatic carbocycles. The molecule has 0 saturated heterocycles. The highest BCUT2D eigenvalue weighted by Crippen LogP contribution is 2.33. The molecule has 0 fully saturated rings. The van der Waals surface area contributed by atoms with E-state index >= 15 is 0 Å². The number of phenols is 1. The van der Waals surface area contributed by atoms with Crippen LogP contribution in [0.5, 0.6) is 11.5 Å². The highest BCUT2D eigenvalue weighted by molar-refractivity contribution is 5.97. The third-order valence-electron chi connectivity index (χ3n) is 3.41. The van der Waals surface area contributed by atoms with Crippen LogP contribution in [0.1, 0.15) is 61.9 Å². The molecule has 0 aromatic heterocycles. The lowest BCUT2D eigenvalue weighted by Gasteiger charge is -2.14. The number of aromatic hydroxyl groups is 1. The molecule has 0 saturated carbocycles. The summed E-state index contributed by atoms with van der Waals surface area (Å²) >= 11 is 0. The van der Waals surface area contributed by atoms with E-state index < -0.39 is 5.97 Å². The minimum atomic E-state index is -0.782. The quantitative estimate of drug-likeness (QED) is 0.510. The lowest BCUT2D eigenvalue weighted by Crippen LogP contribution is -2.04. The third-order valence-corrected chi connectivity index (χ3v) is 3.41. The second kappa shape index (κ2) is 9.07. The molecular weight excluding hydrogens is 284 g/mol. The van der Waals surface area contributed by atoms with Gasteiger partial charge < -0.3 is 14.9 Å². The summed E-state index contributed by atoms with van der Waals surface area (Å²) in [5.74, 6) is -0.341. The fourth-order valence-corrected chi connectivity index (χ4v) is 2.27. The number of rotatable bonds is 10. The molecule has 0 heterocycles. The van der Waals surface area contributed by atoms with Crippen LogP contribution in [0.15, 0.2) is 12.1 Å². The van der Waals surface area contributed by atoms with Crippen molar-refractivity contribution in [3.05, 3.63) is 23.3 Å². The molecule has 0 aliphatic heterocycles. The lowest BCUT2D eigenvalue weighted by molar-refractivity contribution is -0.137. The summed E-state index contributed by atoms with van der Waals surface area (Å²) in [5.41, 5.74) is 0.984. The van der Waals surface area contributed by atoms with Gasteiger partial charge in [-0.3, -0.25) is 9.59 Å². The Morgan fingerprint density at radius 1 is 1.18 bits per heavy atom. The van der Waals surface area contributed by atoms with E-state index in [2.05, 4.69) is 0 Å². The predicted octanol–water partition coefficient (Wildman–Crippen LogP) is 3.57. The van der Waals surface area contributed by atoms with Gasteiger partial charge in [-0.25, -0.2) is 0 Å². The topological polar surface area (TPSA) is 83.8 Å². The second-order valence-electron chi connectivity index (χ2n) is 5.30. The van der Waals surface area contributed by atoms with Gasteiger partial charge in [-0.2, -0.15) is 0 Å². The van der Waals surface area contributed by atoms with E-state index in [4.69, 9.17) is 9.84 Å². The third kappa shape index (κ3) is 5.39. The van der Waals surface area contributed by atoms with Crippen LogP contribution in [0, 0.1) is 0 Å². The fourth-order valence-electron chi connectivity index (χ4n) is 2.27. The van der Waals surface area contributed by atoms with E-state index in [-0.39, 0.29) is 18.0 Å². The van der Waals surface area contributed by atoms with Crippen molar-refractivity contribution in [2.24, 2.45) is 0 Å². The number of carboxylic acid groups (broad SMARTS) is 1. The van der Waals surface area contributed by atoms with Crippen molar-refractivity contribution in [3.8, 4) is 11.5 Å². The first-order valence-corrected chi connectivity index (χ1v) is 7.67. The predicted molar refractivity (Wildman–Crippen MR) is 83.7 cm³/mol. The monoisotopic (exact) mass is 308 g/mol. The Morgan fingerprint density at radius 2 is 1.91 bits per heavy atom. The normalized spacial score (nSPS) is 10.5. The molecule has 22 heavy (non-hydrogen) atoms. The summed E-state index contributed by atoms with van der Waals surface area (Å²) in [6, 6.07) is 3.30. The first-order valence-electron chi connectivity index (χ1n) is 7.67. The highest BCUT2D eigenvalue weighted by Gasteiger charge is 2.15. The van der Waals surface area contributed by atoms with Gasteiger partial charge >= 0.3 is 5.97 Å². The summed E-state index contributed by atoms with van der Waals surface area (Å²) < 4.78 is 5.69. The van der Waals surface area contributed by atoms with Crippen molar-refractivity contribution < 1.29 is 24.5 Å². The standard InChI is InChI=1S/C17H24O5/c1-3-7-14-15(10-9-13(12(2)18)17(14)21)22-11-6-4-5-8-16(19)20/h9-10,21H,3-8,11H2,1-2H3,(H,19,20). The molecule has 0 aliphatic carbocycles. The molecule has 5 heteroatoms.